The third-order valence-corrected chi connectivity index (χ3v) is 4.03. The Labute approximate surface area is 146 Å². The molecule has 1 atom stereocenters. The summed E-state index contributed by atoms with van der Waals surface area (Å²) in [5.74, 6) is 0.112. The minimum Gasteiger partial charge on any atom is -0.511 e. The molecule has 25 heavy (non-hydrogen) atoms. The molecule has 0 amide bonds. The molecule has 0 saturated carbocycles. The Bertz CT molecular complexity index is 649. The maximum Gasteiger partial charge on any atom is 0.416 e. The molecule has 0 fully saturated rings. The molecular weight excluding hydrogens is 333 g/mol. The Hall–Kier alpha value is -1.76. The number of allylic oxidation sites excluding steroid dienone is 1. The van der Waals surface area contributed by atoms with Crippen LogP contribution in [0.2, 0.25) is 0 Å². The van der Waals surface area contributed by atoms with Crippen LogP contribution >= 0.6 is 0 Å². The number of aliphatic hydroxyl groups is 1. The number of likely N-dealkylation sites (N-methyl/N-ethyl adjacent to an activating group) is 1. The number of alkyl halides is 3. The third-order valence-electron chi connectivity index (χ3n) is 4.03. The van der Waals surface area contributed by atoms with Crippen LogP contribution in [0.5, 0.6) is 0 Å². The smallest absolute Gasteiger partial charge is 0.416 e. The van der Waals surface area contributed by atoms with E-state index in [1.54, 1.807) is 19.0 Å². The van der Waals surface area contributed by atoms with Crippen molar-refractivity contribution in [3.63, 3.8) is 0 Å². The zero-order valence-corrected chi connectivity index (χ0v) is 15.2. The van der Waals surface area contributed by atoms with Crippen molar-refractivity contribution in [2.24, 2.45) is 5.92 Å². The van der Waals surface area contributed by atoms with Gasteiger partial charge in [0.15, 0.2) is 0 Å². The molecule has 0 aliphatic carbocycles. The topological polar surface area (TPSA) is 45.5 Å². The molecular formula is C18H27F3N2O2. The van der Waals surface area contributed by atoms with Crippen molar-refractivity contribution in [2.75, 3.05) is 20.6 Å². The fourth-order valence-corrected chi connectivity index (χ4v) is 2.60. The zero-order valence-electron chi connectivity index (χ0n) is 15.2. The molecule has 0 saturated heterocycles. The van der Waals surface area contributed by atoms with Crippen LogP contribution in [-0.4, -0.2) is 35.2 Å². The van der Waals surface area contributed by atoms with E-state index in [1.807, 2.05) is 13.8 Å². The Kier molecular flexibility index (Phi) is 7.29. The van der Waals surface area contributed by atoms with Crippen LogP contribution in [0.4, 0.5) is 13.2 Å². The molecule has 0 spiro atoms. The molecule has 1 heterocycles. The summed E-state index contributed by atoms with van der Waals surface area (Å²) < 4.78 is 41.0. The Balaban J connectivity index is 3.37. The standard InChI is InChI=1S/C18H27F3N2O2/c1-12(2)6-7-16(13(3)24)23-11-14(8-9-22(4)5)15(10-17(23)25)18(19,20)21/h10-12,16,24H,3,6-9H2,1-2,4-5H3. The summed E-state index contributed by atoms with van der Waals surface area (Å²) >= 11 is 0. The number of aliphatic hydroxyl groups excluding tert-OH is 1. The molecule has 0 bridgehead atoms. The van der Waals surface area contributed by atoms with Gasteiger partial charge in [-0.15, -0.1) is 0 Å². The van der Waals surface area contributed by atoms with E-state index in [-0.39, 0.29) is 17.7 Å². The van der Waals surface area contributed by atoms with Crippen molar-refractivity contribution in [3.8, 4) is 0 Å². The summed E-state index contributed by atoms with van der Waals surface area (Å²) in [5.41, 5.74) is -1.66. The number of pyridine rings is 1. The van der Waals surface area contributed by atoms with Crippen molar-refractivity contribution < 1.29 is 18.3 Å². The van der Waals surface area contributed by atoms with Crippen LogP contribution in [0.25, 0.3) is 0 Å². The van der Waals surface area contributed by atoms with Crippen LogP contribution < -0.4 is 5.56 Å². The summed E-state index contributed by atoms with van der Waals surface area (Å²) in [7, 11) is 3.54. The van der Waals surface area contributed by atoms with E-state index in [0.717, 1.165) is 0 Å². The predicted octanol–water partition coefficient (Wildman–Crippen LogP) is 4.02. The molecule has 1 aromatic rings. The fraction of sp³-hybridized carbons (Fsp3) is 0.611. The first-order valence-corrected chi connectivity index (χ1v) is 8.28. The maximum atomic E-state index is 13.3. The third kappa shape index (κ3) is 6.23. The van der Waals surface area contributed by atoms with E-state index in [1.165, 1.54) is 10.8 Å². The lowest BCUT2D eigenvalue weighted by Gasteiger charge is -2.23. The van der Waals surface area contributed by atoms with E-state index >= 15 is 0 Å². The van der Waals surface area contributed by atoms with Crippen LogP contribution in [-0.2, 0) is 12.6 Å². The lowest BCUT2D eigenvalue weighted by molar-refractivity contribution is -0.138. The summed E-state index contributed by atoms with van der Waals surface area (Å²) in [5, 5.41) is 9.86. The van der Waals surface area contributed by atoms with Crippen molar-refractivity contribution in [3.05, 3.63) is 46.1 Å². The normalized spacial score (nSPS) is 13.5. The summed E-state index contributed by atoms with van der Waals surface area (Å²) in [4.78, 5) is 14.0. The Morgan fingerprint density at radius 2 is 1.92 bits per heavy atom. The van der Waals surface area contributed by atoms with Gasteiger partial charge in [0.25, 0.3) is 5.56 Å². The zero-order chi connectivity index (χ0) is 19.4. The fourth-order valence-electron chi connectivity index (χ4n) is 2.60. The quantitative estimate of drug-likeness (QED) is 0.712. The average Bonchev–Trinajstić information content (AvgIpc) is 2.45. The molecule has 1 rings (SSSR count). The van der Waals surface area contributed by atoms with Crippen LogP contribution in [0, 0.1) is 5.92 Å². The van der Waals surface area contributed by atoms with Gasteiger partial charge in [-0.05, 0) is 44.8 Å². The van der Waals surface area contributed by atoms with Gasteiger partial charge < -0.3 is 14.6 Å². The van der Waals surface area contributed by atoms with Gasteiger partial charge >= 0.3 is 6.18 Å². The number of rotatable bonds is 8. The number of aromatic nitrogens is 1. The lowest BCUT2D eigenvalue weighted by Crippen LogP contribution is -2.29. The molecule has 0 aliphatic rings. The summed E-state index contributed by atoms with van der Waals surface area (Å²) in [6.07, 6.45) is -2.07. The highest BCUT2D eigenvalue weighted by Crippen LogP contribution is 2.32. The average molecular weight is 360 g/mol. The van der Waals surface area contributed by atoms with E-state index in [4.69, 9.17) is 0 Å². The number of nitrogens with zero attached hydrogens (tertiary/aromatic N) is 2. The van der Waals surface area contributed by atoms with Gasteiger partial charge in [0.1, 0.15) is 5.76 Å². The largest absolute Gasteiger partial charge is 0.511 e. The molecule has 0 radical (unpaired) electrons. The summed E-state index contributed by atoms with van der Waals surface area (Å²) in [6, 6.07) is -0.105. The first-order valence-electron chi connectivity index (χ1n) is 8.28. The molecule has 142 valence electrons. The Morgan fingerprint density at radius 3 is 2.36 bits per heavy atom. The molecule has 7 heteroatoms. The van der Waals surface area contributed by atoms with Crippen molar-refractivity contribution in [1.29, 1.82) is 0 Å². The minimum absolute atomic E-state index is 0.0385. The van der Waals surface area contributed by atoms with E-state index in [9.17, 15) is 23.1 Å². The highest BCUT2D eigenvalue weighted by molar-refractivity contribution is 5.28. The highest BCUT2D eigenvalue weighted by Gasteiger charge is 2.34. The van der Waals surface area contributed by atoms with Crippen LogP contribution in [0.15, 0.2) is 29.4 Å². The first-order chi connectivity index (χ1) is 11.4. The van der Waals surface area contributed by atoms with Crippen molar-refractivity contribution >= 4 is 0 Å². The predicted molar refractivity (Wildman–Crippen MR) is 92.8 cm³/mol. The molecule has 4 nitrogen and oxygen atoms in total. The van der Waals surface area contributed by atoms with Crippen molar-refractivity contribution in [1.82, 2.24) is 9.47 Å². The van der Waals surface area contributed by atoms with Crippen molar-refractivity contribution in [2.45, 2.75) is 45.3 Å². The number of hydrogen-bond acceptors (Lipinski definition) is 3. The van der Waals surface area contributed by atoms with E-state index < -0.39 is 23.3 Å². The van der Waals surface area contributed by atoms with Gasteiger partial charge in [-0.2, -0.15) is 13.2 Å². The van der Waals surface area contributed by atoms with E-state index in [0.29, 0.717) is 31.4 Å². The second-order valence-electron chi connectivity index (χ2n) is 6.99. The maximum absolute atomic E-state index is 13.3. The molecule has 1 aromatic heterocycles. The molecule has 0 aromatic carbocycles. The molecule has 0 aliphatic heterocycles. The van der Waals surface area contributed by atoms with E-state index in [2.05, 4.69) is 6.58 Å². The van der Waals surface area contributed by atoms with Gasteiger partial charge in [-0.1, -0.05) is 20.4 Å². The van der Waals surface area contributed by atoms with Gasteiger partial charge in [-0.3, -0.25) is 4.79 Å². The van der Waals surface area contributed by atoms with Crippen LogP contribution in [0.3, 0.4) is 0 Å². The molecule has 1 unspecified atom stereocenters. The van der Waals surface area contributed by atoms with Gasteiger partial charge in [0, 0.05) is 18.8 Å². The van der Waals surface area contributed by atoms with Gasteiger partial charge in [0.2, 0.25) is 0 Å². The first kappa shape index (κ1) is 21.3. The minimum atomic E-state index is -4.59. The van der Waals surface area contributed by atoms with Gasteiger partial charge in [-0.25, -0.2) is 0 Å². The highest BCUT2D eigenvalue weighted by atomic mass is 19.4. The molecule has 1 N–H and O–H groups in total. The Morgan fingerprint density at radius 1 is 1.32 bits per heavy atom. The SMILES string of the molecule is C=C(O)C(CCC(C)C)n1cc(CCN(C)C)c(C(F)(F)F)cc1=O. The van der Waals surface area contributed by atoms with Gasteiger partial charge in [0.05, 0.1) is 11.6 Å². The van der Waals surface area contributed by atoms with Crippen LogP contribution in [0.1, 0.15) is 43.9 Å². The second-order valence-corrected chi connectivity index (χ2v) is 6.99. The summed E-state index contributed by atoms with van der Waals surface area (Å²) in [6.45, 7) is 7.90. The monoisotopic (exact) mass is 360 g/mol. The number of halogens is 3. The number of hydrogen-bond donors (Lipinski definition) is 1. The lowest BCUT2D eigenvalue weighted by atomic mass is 10.0. The second kappa shape index (κ2) is 8.56.